The van der Waals surface area contributed by atoms with Gasteiger partial charge < -0.3 is 10.1 Å². The van der Waals surface area contributed by atoms with Gasteiger partial charge >= 0.3 is 0 Å². The molecule has 0 radical (unpaired) electrons. The lowest BCUT2D eigenvalue weighted by molar-refractivity contribution is -0.118. The fourth-order valence-electron chi connectivity index (χ4n) is 2.12. The maximum Gasteiger partial charge on any atom is 0.262 e. The number of aryl methyl sites for hydroxylation is 1. The van der Waals surface area contributed by atoms with Crippen LogP contribution >= 0.6 is 11.3 Å². The van der Waals surface area contributed by atoms with Gasteiger partial charge in [0, 0.05) is 5.69 Å². The summed E-state index contributed by atoms with van der Waals surface area (Å²) in [7, 11) is 0. The van der Waals surface area contributed by atoms with Gasteiger partial charge in [0.1, 0.15) is 5.75 Å². The molecule has 6 nitrogen and oxygen atoms in total. The maximum atomic E-state index is 12.0. The number of nitrogens with one attached hydrogen (secondary N) is 2. The van der Waals surface area contributed by atoms with E-state index in [1.54, 1.807) is 6.07 Å². The van der Waals surface area contributed by atoms with Crippen LogP contribution in [-0.2, 0) is 4.79 Å². The summed E-state index contributed by atoms with van der Waals surface area (Å²) in [6, 6.07) is 13.1. The summed E-state index contributed by atoms with van der Waals surface area (Å²) in [5, 5.41) is 3.45. The van der Waals surface area contributed by atoms with E-state index in [1.165, 1.54) is 11.3 Å². The number of anilines is 2. The predicted molar refractivity (Wildman–Crippen MR) is 92.7 cm³/mol. The van der Waals surface area contributed by atoms with Crippen LogP contribution in [0.2, 0.25) is 0 Å². The summed E-state index contributed by atoms with van der Waals surface area (Å²) in [4.78, 5) is 16.3. The second kappa shape index (κ2) is 6.64. The minimum atomic E-state index is -0.214. The van der Waals surface area contributed by atoms with Gasteiger partial charge in [0.15, 0.2) is 11.7 Å². The number of carbonyl (C=O) groups is 1. The predicted octanol–water partition coefficient (Wildman–Crippen LogP) is 2.91. The Hall–Kier alpha value is -2.64. The summed E-state index contributed by atoms with van der Waals surface area (Å²) >= 11 is 1.42. The Labute approximate surface area is 137 Å². The zero-order valence-corrected chi connectivity index (χ0v) is 13.3. The number of amides is 1. The first kappa shape index (κ1) is 15.3. The van der Waals surface area contributed by atoms with E-state index in [-0.39, 0.29) is 12.5 Å². The fourth-order valence-corrected chi connectivity index (χ4v) is 2.94. The molecule has 0 spiro atoms. The second-order valence-corrected chi connectivity index (χ2v) is 5.98. The van der Waals surface area contributed by atoms with Crippen molar-refractivity contribution in [2.24, 2.45) is 5.84 Å². The molecular formula is C16H16N4O2S. The van der Waals surface area contributed by atoms with Crippen LogP contribution in [0.3, 0.4) is 0 Å². The SMILES string of the molecule is Cc1ccccc1OCC(=O)Nc1ccc2nc(NN)sc2c1. The topological polar surface area (TPSA) is 89.3 Å². The number of thiazole rings is 1. The Morgan fingerprint density at radius 2 is 2.13 bits per heavy atom. The van der Waals surface area contributed by atoms with Crippen molar-refractivity contribution in [3.8, 4) is 5.75 Å². The third kappa shape index (κ3) is 3.58. The summed E-state index contributed by atoms with van der Waals surface area (Å²) < 4.78 is 6.47. The molecule has 3 rings (SSSR count). The van der Waals surface area contributed by atoms with Crippen LogP contribution < -0.4 is 21.3 Å². The normalized spacial score (nSPS) is 10.5. The van der Waals surface area contributed by atoms with Crippen LogP contribution in [-0.4, -0.2) is 17.5 Å². The smallest absolute Gasteiger partial charge is 0.262 e. The van der Waals surface area contributed by atoms with E-state index < -0.39 is 0 Å². The minimum Gasteiger partial charge on any atom is -0.483 e. The molecule has 1 amide bonds. The molecule has 7 heteroatoms. The van der Waals surface area contributed by atoms with Crippen LogP contribution in [0.4, 0.5) is 10.8 Å². The molecule has 0 bridgehead atoms. The number of para-hydroxylation sites is 1. The molecular weight excluding hydrogens is 312 g/mol. The third-order valence-electron chi connectivity index (χ3n) is 3.25. The minimum absolute atomic E-state index is 0.0405. The second-order valence-electron chi connectivity index (χ2n) is 4.95. The number of hydrogen-bond acceptors (Lipinski definition) is 6. The van der Waals surface area contributed by atoms with Gasteiger partial charge in [-0.2, -0.15) is 0 Å². The number of fused-ring (bicyclic) bond motifs is 1. The highest BCUT2D eigenvalue weighted by Crippen LogP contribution is 2.27. The molecule has 118 valence electrons. The number of nitrogens with zero attached hydrogens (tertiary/aromatic N) is 1. The number of nitrogens with two attached hydrogens (primary N) is 1. The zero-order valence-electron chi connectivity index (χ0n) is 12.5. The van der Waals surface area contributed by atoms with E-state index in [0.29, 0.717) is 16.6 Å². The lowest BCUT2D eigenvalue weighted by atomic mass is 10.2. The summed E-state index contributed by atoms with van der Waals surface area (Å²) in [5.41, 5.74) is 5.04. The van der Waals surface area contributed by atoms with E-state index in [2.05, 4.69) is 15.7 Å². The average molecular weight is 328 g/mol. The largest absolute Gasteiger partial charge is 0.483 e. The van der Waals surface area contributed by atoms with Gasteiger partial charge in [-0.15, -0.1) is 0 Å². The van der Waals surface area contributed by atoms with Crippen molar-refractivity contribution in [2.45, 2.75) is 6.92 Å². The molecule has 0 saturated carbocycles. The number of hydrazine groups is 1. The highest BCUT2D eigenvalue weighted by Gasteiger charge is 2.08. The molecule has 1 aromatic heterocycles. The standard InChI is InChI=1S/C16H16N4O2S/c1-10-4-2-3-5-13(10)22-9-15(21)18-11-6-7-12-14(8-11)23-16(19-12)20-17/h2-8H,9,17H2,1H3,(H,18,21)(H,19,20). The van der Waals surface area contributed by atoms with E-state index in [0.717, 1.165) is 15.8 Å². The summed E-state index contributed by atoms with van der Waals surface area (Å²) in [5.74, 6) is 5.85. The van der Waals surface area contributed by atoms with Gasteiger partial charge in [-0.3, -0.25) is 10.2 Å². The number of carbonyl (C=O) groups excluding carboxylic acids is 1. The number of rotatable bonds is 5. The highest BCUT2D eigenvalue weighted by molar-refractivity contribution is 7.22. The van der Waals surface area contributed by atoms with Crippen molar-refractivity contribution >= 4 is 38.3 Å². The fraction of sp³-hybridized carbons (Fsp3) is 0.125. The van der Waals surface area contributed by atoms with E-state index in [9.17, 15) is 4.79 Å². The molecule has 0 aliphatic heterocycles. The number of aromatic nitrogens is 1. The molecule has 23 heavy (non-hydrogen) atoms. The molecule has 1 heterocycles. The van der Waals surface area contributed by atoms with Crippen molar-refractivity contribution in [1.29, 1.82) is 0 Å². The molecule has 0 fully saturated rings. The quantitative estimate of drug-likeness (QED) is 0.495. The monoisotopic (exact) mass is 328 g/mol. The number of benzene rings is 2. The van der Waals surface area contributed by atoms with Gasteiger partial charge in [0.05, 0.1) is 10.2 Å². The van der Waals surface area contributed by atoms with Crippen molar-refractivity contribution in [3.63, 3.8) is 0 Å². The average Bonchev–Trinajstić information content (AvgIpc) is 2.96. The lowest BCUT2D eigenvalue weighted by Crippen LogP contribution is -2.20. The molecule has 0 saturated heterocycles. The third-order valence-corrected chi connectivity index (χ3v) is 4.20. The molecule has 0 aliphatic carbocycles. The van der Waals surface area contributed by atoms with E-state index in [1.807, 2.05) is 43.3 Å². The van der Waals surface area contributed by atoms with Crippen LogP contribution in [0, 0.1) is 6.92 Å². The zero-order chi connectivity index (χ0) is 16.2. The molecule has 0 atom stereocenters. The van der Waals surface area contributed by atoms with Crippen molar-refractivity contribution in [3.05, 3.63) is 48.0 Å². The van der Waals surface area contributed by atoms with Crippen LogP contribution in [0.15, 0.2) is 42.5 Å². The molecule has 4 N–H and O–H groups in total. The van der Waals surface area contributed by atoms with Gasteiger partial charge in [-0.1, -0.05) is 29.5 Å². The van der Waals surface area contributed by atoms with Crippen molar-refractivity contribution < 1.29 is 9.53 Å². The first-order valence-corrected chi connectivity index (χ1v) is 7.83. The maximum absolute atomic E-state index is 12.0. The molecule has 2 aromatic carbocycles. The summed E-state index contributed by atoms with van der Waals surface area (Å²) in [6.07, 6.45) is 0. The molecule has 0 aliphatic rings. The Balaban J connectivity index is 1.64. The molecule has 3 aromatic rings. The lowest BCUT2D eigenvalue weighted by Gasteiger charge is -2.09. The Morgan fingerprint density at radius 1 is 1.30 bits per heavy atom. The van der Waals surface area contributed by atoms with Crippen molar-refractivity contribution in [2.75, 3.05) is 17.3 Å². The Morgan fingerprint density at radius 3 is 2.91 bits per heavy atom. The van der Waals surface area contributed by atoms with Gasteiger partial charge in [-0.05, 0) is 36.8 Å². The van der Waals surface area contributed by atoms with Gasteiger partial charge in [0.2, 0.25) is 0 Å². The van der Waals surface area contributed by atoms with E-state index in [4.69, 9.17) is 10.6 Å². The first-order chi connectivity index (χ1) is 11.2. The summed E-state index contributed by atoms with van der Waals surface area (Å²) in [6.45, 7) is 1.90. The highest BCUT2D eigenvalue weighted by atomic mass is 32.1. The number of ether oxygens (including phenoxy) is 1. The van der Waals surface area contributed by atoms with Crippen LogP contribution in [0.25, 0.3) is 10.2 Å². The Kier molecular flexibility index (Phi) is 4.40. The van der Waals surface area contributed by atoms with Gasteiger partial charge in [-0.25, -0.2) is 10.8 Å². The van der Waals surface area contributed by atoms with Gasteiger partial charge in [0.25, 0.3) is 5.91 Å². The van der Waals surface area contributed by atoms with E-state index >= 15 is 0 Å². The number of hydrogen-bond donors (Lipinski definition) is 3. The first-order valence-electron chi connectivity index (χ1n) is 7.01. The number of nitrogen functional groups attached to an aromatic ring is 1. The van der Waals surface area contributed by atoms with Crippen LogP contribution in [0.1, 0.15) is 5.56 Å². The van der Waals surface area contributed by atoms with Crippen LogP contribution in [0.5, 0.6) is 5.75 Å². The van der Waals surface area contributed by atoms with Crippen molar-refractivity contribution in [1.82, 2.24) is 4.98 Å². The molecule has 0 unspecified atom stereocenters. The Bertz CT molecular complexity index is 847.